The van der Waals surface area contributed by atoms with Crippen LogP contribution >= 0.6 is 0 Å². The van der Waals surface area contributed by atoms with Crippen molar-refractivity contribution in [1.82, 2.24) is 10.2 Å². The molecule has 2 amide bonds. The Kier molecular flexibility index (Phi) is 2.92. The van der Waals surface area contributed by atoms with E-state index in [1.165, 1.54) is 0 Å². The minimum absolute atomic E-state index is 0.112. The van der Waals surface area contributed by atoms with Gasteiger partial charge in [0.05, 0.1) is 0 Å². The molecule has 1 atom stereocenters. The van der Waals surface area contributed by atoms with Gasteiger partial charge in [-0.25, -0.2) is 4.79 Å². The van der Waals surface area contributed by atoms with Crippen molar-refractivity contribution >= 4 is 17.8 Å². The first-order valence-electron chi connectivity index (χ1n) is 6.55. The molecule has 1 fully saturated rings. The molecule has 1 aromatic rings. The lowest BCUT2D eigenvalue weighted by atomic mass is 10.0. The maximum atomic E-state index is 12.4. The second-order valence-corrected chi connectivity index (χ2v) is 5.22. The lowest BCUT2D eigenvalue weighted by molar-refractivity contribution is -0.126. The van der Waals surface area contributed by atoms with Crippen LogP contribution in [0.1, 0.15) is 34.3 Å². The van der Waals surface area contributed by atoms with Gasteiger partial charge in [0, 0.05) is 18.5 Å². The largest absolute Gasteiger partial charge is 0.322 e. The van der Waals surface area contributed by atoms with Crippen LogP contribution in [0.4, 0.5) is 0 Å². The van der Waals surface area contributed by atoms with Crippen LogP contribution < -0.4 is 5.32 Å². The van der Waals surface area contributed by atoms with Crippen LogP contribution in [0.15, 0.2) is 23.9 Å². The molecule has 102 valence electrons. The monoisotopic (exact) mass is 270 g/mol. The van der Waals surface area contributed by atoms with Crippen LogP contribution in [0.5, 0.6) is 0 Å². The highest BCUT2D eigenvalue weighted by molar-refractivity contribution is 6.01. The van der Waals surface area contributed by atoms with Crippen LogP contribution in [-0.2, 0) is 16.1 Å². The molecular weight excluding hydrogens is 256 g/mol. The minimum Gasteiger partial charge on any atom is -0.322 e. The third kappa shape index (κ3) is 1.92. The van der Waals surface area contributed by atoms with E-state index in [-0.39, 0.29) is 17.5 Å². The van der Waals surface area contributed by atoms with Gasteiger partial charge in [-0.05, 0) is 25.0 Å². The van der Waals surface area contributed by atoms with Gasteiger partial charge in [-0.2, -0.15) is 0 Å². The predicted octanol–water partition coefficient (Wildman–Crippen LogP) is 0.945. The highest BCUT2D eigenvalue weighted by atomic mass is 16.2. The molecule has 5 heteroatoms. The van der Waals surface area contributed by atoms with Gasteiger partial charge in [0.15, 0.2) is 0 Å². The smallest absolute Gasteiger partial charge is 0.255 e. The average Bonchev–Trinajstić information content (AvgIpc) is 2.75. The van der Waals surface area contributed by atoms with Gasteiger partial charge in [0.2, 0.25) is 5.91 Å². The summed E-state index contributed by atoms with van der Waals surface area (Å²) in [7, 11) is 0. The number of carbonyl (C=O) groups is 2. The number of nitrogens with zero attached hydrogens (tertiary/aromatic N) is 1. The lowest BCUT2D eigenvalue weighted by Crippen LogP contribution is -2.49. The summed E-state index contributed by atoms with van der Waals surface area (Å²) in [5, 5.41) is 2.51. The van der Waals surface area contributed by atoms with Gasteiger partial charge in [0.1, 0.15) is 17.7 Å². The summed E-state index contributed by atoms with van der Waals surface area (Å²) < 4.78 is 0. The van der Waals surface area contributed by atoms with Gasteiger partial charge in [0.25, 0.3) is 5.91 Å². The fourth-order valence-corrected chi connectivity index (χ4v) is 2.80. The normalized spacial score (nSPS) is 21.6. The predicted molar refractivity (Wildman–Crippen MR) is 71.4 cm³/mol. The van der Waals surface area contributed by atoms with E-state index in [2.05, 4.69) is 5.32 Å². The molecule has 2 aliphatic rings. The minimum atomic E-state index is -0.507. The Bertz CT molecular complexity index is 659. The molecular formula is C15H14N2O3. The molecule has 1 saturated heterocycles. The van der Waals surface area contributed by atoms with E-state index in [4.69, 9.17) is 0 Å². The Labute approximate surface area is 116 Å². The van der Waals surface area contributed by atoms with E-state index in [9.17, 15) is 14.4 Å². The van der Waals surface area contributed by atoms with Crippen molar-refractivity contribution in [2.24, 2.45) is 0 Å². The summed E-state index contributed by atoms with van der Waals surface area (Å²) in [6, 6.07) is 5.18. The number of amides is 2. The zero-order chi connectivity index (χ0) is 14.3. The van der Waals surface area contributed by atoms with Crippen molar-refractivity contribution in [1.29, 1.82) is 0 Å². The SMILES string of the molecule is Cc1ccc2c(c1)CN(C1CCC(=C=O)NC1=O)C2=O. The number of nitrogens with one attached hydrogen (secondary N) is 1. The highest BCUT2D eigenvalue weighted by Gasteiger charge is 2.38. The van der Waals surface area contributed by atoms with Gasteiger partial charge < -0.3 is 10.2 Å². The van der Waals surface area contributed by atoms with E-state index in [0.29, 0.717) is 24.9 Å². The van der Waals surface area contributed by atoms with E-state index in [1.807, 2.05) is 25.1 Å². The van der Waals surface area contributed by atoms with Crippen molar-refractivity contribution < 1.29 is 14.4 Å². The highest BCUT2D eigenvalue weighted by Crippen LogP contribution is 2.28. The van der Waals surface area contributed by atoms with Crippen molar-refractivity contribution in [3.05, 3.63) is 40.6 Å². The second kappa shape index (κ2) is 4.62. The number of hydrogen-bond donors (Lipinski definition) is 1. The van der Waals surface area contributed by atoms with Gasteiger partial charge in [-0.3, -0.25) is 9.59 Å². The summed E-state index contributed by atoms with van der Waals surface area (Å²) in [6.45, 7) is 2.43. The van der Waals surface area contributed by atoms with Crippen LogP contribution in [0.3, 0.4) is 0 Å². The molecule has 0 aliphatic carbocycles. The van der Waals surface area contributed by atoms with E-state index in [1.54, 1.807) is 10.8 Å². The molecule has 2 heterocycles. The number of piperidine rings is 1. The molecule has 2 aliphatic heterocycles. The number of aryl methyl sites for hydroxylation is 1. The molecule has 5 nitrogen and oxygen atoms in total. The number of rotatable bonds is 1. The van der Waals surface area contributed by atoms with Crippen LogP contribution in [0, 0.1) is 6.92 Å². The standard InChI is InChI=1S/C15H14N2O3/c1-9-2-4-12-10(6-9)7-17(15(12)20)13-5-3-11(8-18)16-14(13)19/h2,4,6,13H,3,5,7H2,1H3,(H,16,19). The fourth-order valence-electron chi connectivity index (χ4n) is 2.80. The first-order valence-corrected chi connectivity index (χ1v) is 6.55. The van der Waals surface area contributed by atoms with Crippen molar-refractivity contribution in [3.63, 3.8) is 0 Å². The van der Waals surface area contributed by atoms with Gasteiger partial charge >= 0.3 is 0 Å². The van der Waals surface area contributed by atoms with Gasteiger partial charge in [-0.15, -0.1) is 0 Å². The third-order valence-corrected chi connectivity index (χ3v) is 3.84. The molecule has 1 aromatic carbocycles. The molecule has 0 bridgehead atoms. The Morgan fingerprint density at radius 1 is 1.35 bits per heavy atom. The molecule has 20 heavy (non-hydrogen) atoms. The first-order chi connectivity index (χ1) is 9.60. The maximum Gasteiger partial charge on any atom is 0.255 e. The summed E-state index contributed by atoms with van der Waals surface area (Å²) in [6.07, 6.45) is 0.911. The lowest BCUT2D eigenvalue weighted by Gasteiger charge is -2.30. The Hall–Kier alpha value is -2.39. The quantitative estimate of drug-likeness (QED) is 0.772. The topological polar surface area (TPSA) is 66.5 Å². The van der Waals surface area contributed by atoms with E-state index >= 15 is 0 Å². The Balaban J connectivity index is 1.86. The number of hydrogen-bond acceptors (Lipinski definition) is 3. The summed E-state index contributed by atoms with van der Waals surface area (Å²) in [5.41, 5.74) is 2.99. The molecule has 0 aromatic heterocycles. The third-order valence-electron chi connectivity index (χ3n) is 3.84. The fraction of sp³-hybridized carbons (Fsp3) is 0.333. The van der Waals surface area contributed by atoms with Crippen molar-refractivity contribution in [3.8, 4) is 0 Å². The van der Waals surface area contributed by atoms with Crippen molar-refractivity contribution in [2.75, 3.05) is 0 Å². The Morgan fingerprint density at radius 3 is 2.85 bits per heavy atom. The van der Waals surface area contributed by atoms with E-state index < -0.39 is 6.04 Å². The Morgan fingerprint density at radius 2 is 2.15 bits per heavy atom. The maximum absolute atomic E-state index is 12.4. The summed E-state index contributed by atoms with van der Waals surface area (Å²) >= 11 is 0. The number of allylic oxidation sites excluding steroid dienone is 1. The zero-order valence-electron chi connectivity index (χ0n) is 11.1. The first kappa shape index (κ1) is 12.6. The van der Waals surface area contributed by atoms with Gasteiger partial charge in [-0.1, -0.05) is 17.7 Å². The van der Waals surface area contributed by atoms with Crippen LogP contribution in [0.25, 0.3) is 0 Å². The molecule has 0 saturated carbocycles. The molecule has 0 spiro atoms. The molecule has 0 radical (unpaired) electrons. The van der Waals surface area contributed by atoms with Crippen molar-refractivity contribution in [2.45, 2.75) is 32.4 Å². The second-order valence-electron chi connectivity index (χ2n) is 5.22. The summed E-state index contributed by atoms with van der Waals surface area (Å²) in [5.74, 6) is 1.30. The summed E-state index contributed by atoms with van der Waals surface area (Å²) in [4.78, 5) is 36.5. The number of carbonyl (C=O) groups excluding carboxylic acids is 3. The van der Waals surface area contributed by atoms with E-state index in [0.717, 1.165) is 11.1 Å². The number of benzene rings is 1. The van der Waals surface area contributed by atoms with Crippen LogP contribution in [-0.4, -0.2) is 28.7 Å². The number of fused-ring (bicyclic) bond motifs is 1. The molecule has 1 N–H and O–H groups in total. The molecule has 1 unspecified atom stereocenters. The zero-order valence-corrected chi connectivity index (χ0v) is 11.1. The molecule has 3 rings (SSSR count). The average molecular weight is 270 g/mol. The van der Waals surface area contributed by atoms with Crippen LogP contribution in [0.2, 0.25) is 0 Å².